The summed E-state index contributed by atoms with van der Waals surface area (Å²) in [5, 5.41) is 2.63. The van der Waals surface area contributed by atoms with Crippen LogP contribution in [0.15, 0.2) is 47.5 Å². The molecule has 140 valence electrons. The monoisotopic (exact) mass is 473 g/mol. The number of nitrogens with one attached hydrogen (secondary N) is 1. The van der Waals surface area contributed by atoms with Crippen LogP contribution in [-0.4, -0.2) is 19.6 Å². The van der Waals surface area contributed by atoms with Crippen LogP contribution in [0.2, 0.25) is 0 Å². The van der Waals surface area contributed by atoms with Crippen LogP contribution < -0.4 is 15.8 Å². The first kappa shape index (κ1) is 20.4. The van der Waals surface area contributed by atoms with Gasteiger partial charge in [-0.15, -0.1) is 24.0 Å². The van der Waals surface area contributed by atoms with Crippen LogP contribution in [0.3, 0.4) is 0 Å². The Bertz CT molecular complexity index is 777. The molecule has 0 atom stereocenters. The van der Waals surface area contributed by atoms with Gasteiger partial charge < -0.3 is 15.8 Å². The van der Waals surface area contributed by atoms with E-state index in [1.54, 1.807) is 7.11 Å². The van der Waals surface area contributed by atoms with Crippen LogP contribution in [0.5, 0.6) is 5.75 Å². The third-order valence-electron chi connectivity index (χ3n) is 4.76. The summed E-state index contributed by atoms with van der Waals surface area (Å²) in [6, 6.07) is 11.1. The molecular formula is C19H22F2IN3O. The molecule has 3 rings (SSSR count). The van der Waals surface area contributed by atoms with Gasteiger partial charge in [-0.3, -0.25) is 4.99 Å². The number of nitrogens with zero attached hydrogens (tertiary/aromatic N) is 1. The quantitative estimate of drug-likeness (QED) is 0.384. The molecule has 0 radical (unpaired) electrons. The Balaban J connectivity index is 0.00000243. The normalized spacial score (nSPS) is 15.6. The predicted octanol–water partition coefficient (Wildman–Crippen LogP) is 4.44. The van der Waals surface area contributed by atoms with Crippen molar-refractivity contribution >= 4 is 35.6 Å². The molecule has 7 heteroatoms. The highest BCUT2D eigenvalue weighted by molar-refractivity contribution is 14.0. The topological polar surface area (TPSA) is 59.6 Å². The van der Waals surface area contributed by atoms with Gasteiger partial charge in [0, 0.05) is 11.5 Å². The Labute approximate surface area is 168 Å². The lowest BCUT2D eigenvalue weighted by atomic mass is 9.64. The zero-order valence-corrected chi connectivity index (χ0v) is 16.8. The van der Waals surface area contributed by atoms with Gasteiger partial charge in [-0.2, -0.15) is 0 Å². The number of guanidine groups is 1. The van der Waals surface area contributed by atoms with Crippen molar-refractivity contribution in [3.8, 4) is 5.75 Å². The van der Waals surface area contributed by atoms with Crippen molar-refractivity contribution in [3.05, 3.63) is 59.7 Å². The minimum Gasteiger partial charge on any atom is -0.497 e. The number of halogens is 3. The van der Waals surface area contributed by atoms with Gasteiger partial charge in [0.15, 0.2) is 5.96 Å². The number of methoxy groups -OCH3 is 1. The summed E-state index contributed by atoms with van der Waals surface area (Å²) in [7, 11) is 1.64. The highest BCUT2D eigenvalue weighted by Crippen LogP contribution is 2.44. The number of benzene rings is 2. The molecule has 0 unspecified atom stereocenters. The number of rotatable bonds is 5. The molecule has 0 amide bonds. The van der Waals surface area contributed by atoms with E-state index in [0.717, 1.165) is 43.2 Å². The van der Waals surface area contributed by atoms with E-state index < -0.39 is 11.6 Å². The van der Waals surface area contributed by atoms with E-state index >= 15 is 0 Å². The predicted molar refractivity (Wildman–Crippen MR) is 110 cm³/mol. The Hall–Kier alpha value is -1.90. The van der Waals surface area contributed by atoms with Crippen LogP contribution in [-0.2, 0) is 5.41 Å². The second-order valence-electron chi connectivity index (χ2n) is 6.31. The van der Waals surface area contributed by atoms with Crippen molar-refractivity contribution in [2.75, 3.05) is 19.0 Å². The van der Waals surface area contributed by atoms with Crippen LogP contribution in [0.1, 0.15) is 24.8 Å². The summed E-state index contributed by atoms with van der Waals surface area (Å²) < 4.78 is 32.1. The molecule has 0 saturated heterocycles. The number of anilines is 1. The summed E-state index contributed by atoms with van der Waals surface area (Å²) in [4.78, 5) is 4.37. The molecule has 0 spiro atoms. The fourth-order valence-corrected chi connectivity index (χ4v) is 3.09. The van der Waals surface area contributed by atoms with Gasteiger partial charge in [-0.25, -0.2) is 8.78 Å². The van der Waals surface area contributed by atoms with E-state index in [9.17, 15) is 8.78 Å². The zero-order valence-electron chi connectivity index (χ0n) is 14.5. The van der Waals surface area contributed by atoms with E-state index in [1.165, 1.54) is 5.56 Å². The van der Waals surface area contributed by atoms with Crippen molar-refractivity contribution in [1.82, 2.24) is 0 Å². The fourth-order valence-electron chi connectivity index (χ4n) is 3.09. The first-order chi connectivity index (χ1) is 12.0. The maximum absolute atomic E-state index is 13.7. The lowest BCUT2D eigenvalue weighted by molar-refractivity contribution is 0.253. The standard InChI is InChI=1S/C19H21F2N3O.HI/c1-25-15-6-3-13(4-7-15)19(9-2-10-19)12-23-18(22)24-17-11-14(20)5-8-16(17)21;/h3-8,11H,2,9-10,12H2,1H3,(H3,22,23,24);1H. The smallest absolute Gasteiger partial charge is 0.193 e. The highest BCUT2D eigenvalue weighted by Gasteiger charge is 2.38. The molecule has 0 aromatic heterocycles. The number of hydrogen-bond donors (Lipinski definition) is 2. The molecule has 26 heavy (non-hydrogen) atoms. The lowest BCUT2D eigenvalue weighted by Gasteiger charge is -2.41. The number of ether oxygens (including phenoxy) is 1. The van der Waals surface area contributed by atoms with Gasteiger partial charge in [0.1, 0.15) is 17.4 Å². The summed E-state index contributed by atoms with van der Waals surface area (Å²) >= 11 is 0. The van der Waals surface area contributed by atoms with E-state index in [2.05, 4.69) is 10.3 Å². The molecule has 1 aliphatic rings. The Morgan fingerprint density at radius 3 is 2.46 bits per heavy atom. The molecule has 4 nitrogen and oxygen atoms in total. The SMILES string of the molecule is COc1ccc(C2(CN=C(N)Nc3cc(F)ccc3F)CCC2)cc1.I. The van der Waals surface area contributed by atoms with Gasteiger partial charge in [-0.05, 0) is 42.7 Å². The maximum Gasteiger partial charge on any atom is 0.193 e. The van der Waals surface area contributed by atoms with Gasteiger partial charge >= 0.3 is 0 Å². The number of nitrogens with two attached hydrogens (primary N) is 1. The van der Waals surface area contributed by atoms with E-state index in [-0.39, 0.29) is 41.0 Å². The number of aliphatic imine (C=N–C) groups is 1. The van der Waals surface area contributed by atoms with Crippen molar-refractivity contribution in [2.45, 2.75) is 24.7 Å². The average molecular weight is 473 g/mol. The molecule has 3 N–H and O–H groups in total. The van der Waals surface area contributed by atoms with Crippen molar-refractivity contribution in [2.24, 2.45) is 10.7 Å². The third-order valence-corrected chi connectivity index (χ3v) is 4.76. The van der Waals surface area contributed by atoms with E-state index in [4.69, 9.17) is 10.5 Å². The summed E-state index contributed by atoms with van der Waals surface area (Å²) in [5.41, 5.74) is 6.98. The van der Waals surface area contributed by atoms with Crippen LogP contribution in [0, 0.1) is 11.6 Å². The molecule has 1 saturated carbocycles. The summed E-state index contributed by atoms with van der Waals surface area (Å²) in [6.07, 6.45) is 3.17. The summed E-state index contributed by atoms with van der Waals surface area (Å²) in [5.74, 6) is -0.229. The van der Waals surface area contributed by atoms with Gasteiger partial charge in [-0.1, -0.05) is 18.6 Å². The van der Waals surface area contributed by atoms with Gasteiger partial charge in [0.2, 0.25) is 0 Å². The lowest BCUT2D eigenvalue weighted by Crippen LogP contribution is -2.38. The van der Waals surface area contributed by atoms with Gasteiger partial charge in [0.05, 0.1) is 19.3 Å². The average Bonchev–Trinajstić information content (AvgIpc) is 2.58. The second kappa shape index (κ2) is 8.66. The van der Waals surface area contributed by atoms with Crippen LogP contribution in [0.25, 0.3) is 0 Å². The Morgan fingerprint density at radius 2 is 1.88 bits per heavy atom. The van der Waals surface area contributed by atoms with Gasteiger partial charge in [0.25, 0.3) is 0 Å². The minimum absolute atomic E-state index is 0. The van der Waals surface area contributed by atoms with Crippen LogP contribution >= 0.6 is 24.0 Å². The molecule has 0 aliphatic heterocycles. The molecule has 1 aliphatic carbocycles. The second-order valence-corrected chi connectivity index (χ2v) is 6.31. The first-order valence-electron chi connectivity index (χ1n) is 8.19. The molecule has 0 bridgehead atoms. The largest absolute Gasteiger partial charge is 0.497 e. The molecule has 1 fully saturated rings. The Kier molecular flexibility index (Phi) is 6.80. The molecule has 2 aromatic rings. The fraction of sp³-hybridized carbons (Fsp3) is 0.316. The van der Waals surface area contributed by atoms with Crippen molar-refractivity contribution in [3.63, 3.8) is 0 Å². The summed E-state index contributed by atoms with van der Waals surface area (Å²) in [6.45, 7) is 0.495. The highest BCUT2D eigenvalue weighted by atomic mass is 127. The Morgan fingerprint density at radius 1 is 1.19 bits per heavy atom. The zero-order chi connectivity index (χ0) is 17.9. The first-order valence-corrected chi connectivity index (χ1v) is 8.19. The maximum atomic E-state index is 13.7. The van der Waals surface area contributed by atoms with E-state index in [1.807, 2.05) is 24.3 Å². The van der Waals surface area contributed by atoms with Crippen molar-refractivity contribution in [1.29, 1.82) is 0 Å². The minimum atomic E-state index is -0.576. The molecule has 2 aromatic carbocycles. The van der Waals surface area contributed by atoms with Crippen molar-refractivity contribution < 1.29 is 13.5 Å². The molecular weight excluding hydrogens is 451 g/mol. The third kappa shape index (κ3) is 4.44. The molecule has 0 heterocycles. The van der Waals surface area contributed by atoms with Crippen LogP contribution in [0.4, 0.5) is 14.5 Å². The van der Waals surface area contributed by atoms with E-state index in [0.29, 0.717) is 6.54 Å². The number of hydrogen-bond acceptors (Lipinski definition) is 2.